The lowest BCUT2D eigenvalue weighted by Gasteiger charge is -2.16. The lowest BCUT2D eigenvalue weighted by atomic mass is 10.0. The van der Waals surface area contributed by atoms with Gasteiger partial charge in [-0.3, -0.25) is 4.79 Å². The fraction of sp³-hybridized carbons (Fsp3) is 0.500. The Morgan fingerprint density at radius 1 is 1.41 bits per heavy atom. The van der Waals surface area contributed by atoms with Crippen molar-refractivity contribution in [3.05, 3.63) is 18.3 Å². The number of nitrogens with zero attached hydrogens (tertiary/aromatic N) is 2. The molecule has 0 saturated carbocycles. The van der Waals surface area contributed by atoms with E-state index in [1.165, 1.54) is 0 Å². The Morgan fingerprint density at radius 3 is 2.47 bits per heavy atom. The van der Waals surface area contributed by atoms with Crippen molar-refractivity contribution in [1.82, 2.24) is 4.98 Å². The first-order valence-corrected chi connectivity index (χ1v) is 5.61. The maximum Gasteiger partial charge on any atom is 0.229 e. The highest BCUT2D eigenvalue weighted by Crippen LogP contribution is 2.13. The molecule has 3 N–H and O–H groups in total. The molecule has 1 aromatic rings. The van der Waals surface area contributed by atoms with Gasteiger partial charge in [0.25, 0.3) is 0 Å². The van der Waals surface area contributed by atoms with Crippen LogP contribution in [-0.4, -0.2) is 31.0 Å². The number of hydrogen-bond acceptors (Lipinski definition) is 4. The molecule has 1 aromatic heterocycles. The minimum Gasteiger partial charge on any atom is -0.376 e. The Labute approximate surface area is 102 Å². The van der Waals surface area contributed by atoms with Crippen molar-refractivity contribution in [3.8, 4) is 0 Å². The zero-order chi connectivity index (χ0) is 13.0. The maximum atomic E-state index is 11.7. The van der Waals surface area contributed by atoms with Gasteiger partial charge in [0.15, 0.2) is 0 Å². The van der Waals surface area contributed by atoms with Crippen molar-refractivity contribution in [2.45, 2.75) is 19.9 Å². The van der Waals surface area contributed by atoms with Crippen LogP contribution in [0.4, 0.5) is 11.5 Å². The van der Waals surface area contributed by atoms with E-state index < -0.39 is 0 Å². The van der Waals surface area contributed by atoms with E-state index in [-0.39, 0.29) is 17.9 Å². The first-order valence-electron chi connectivity index (χ1n) is 5.61. The minimum atomic E-state index is -0.231. The highest BCUT2D eigenvalue weighted by Gasteiger charge is 2.17. The largest absolute Gasteiger partial charge is 0.376 e. The number of amides is 1. The molecule has 1 rings (SSSR count). The SMILES string of the molecule is CC(N)C(C)C(=O)Nc1ccc(N(C)C)cn1. The van der Waals surface area contributed by atoms with Crippen LogP contribution >= 0.6 is 0 Å². The number of nitrogens with one attached hydrogen (secondary N) is 1. The summed E-state index contributed by atoms with van der Waals surface area (Å²) < 4.78 is 0. The number of anilines is 2. The van der Waals surface area contributed by atoms with Gasteiger partial charge in [-0.25, -0.2) is 4.98 Å². The van der Waals surface area contributed by atoms with E-state index in [1.54, 1.807) is 19.2 Å². The molecule has 0 fully saturated rings. The smallest absolute Gasteiger partial charge is 0.229 e. The Kier molecular flexibility index (Phi) is 4.45. The summed E-state index contributed by atoms with van der Waals surface area (Å²) in [5.74, 6) is 0.212. The molecule has 5 nitrogen and oxygen atoms in total. The summed E-state index contributed by atoms with van der Waals surface area (Å²) in [5.41, 5.74) is 6.66. The normalized spacial score (nSPS) is 13.9. The molecule has 2 unspecified atom stereocenters. The fourth-order valence-corrected chi connectivity index (χ4v) is 1.20. The molecular weight excluding hydrogens is 216 g/mol. The quantitative estimate of drug-likeness (QED) is 0.820. The molecular formula is C12H20N4O. The zero-order valence-electron chi connectivity index (χ0n) is 10.8. The summed E-state index contributed by atoms with van der Waals surface area (Å²) in [5, 5.41) is 2.74. The number of pyridine rings is 1. The predicted octanol–water partition coefficient (Wildman–Crippen LogP) is 1.07. The van der Waals surface area contributed by atoms with Crippen molar-refractivity contribution in [2.75, 3.05) is 24.3 Å². The first kappa shape index (κ1) is 13.4. The van der Waals surface area contributed by atoms with Crippen LogP contribution in [0.3, 0.4) is 0 Å². The molecule has 1 heterocycles. The van der Waals surface area contributed by atoms with Gasteiger partial charge in [0, 0.05) is 20.1 Å². The lowest BCUT2D eigenvalue weighted by molar-refractivity contribution is -0.119. The van der Waals surface area contributed by atoms with Crippen LogP contribution in [0.5, 0.6) is 0 Å². The van der Waals surface area contributed by atoms with Crippen LogP contribution in [0, 0.1) is 5.92 Å². The Bertz CT molecular complexity index is 373. The topological polar surface area (TPSA) is 71.2 Å². The molecule has 0 spiro atoms. The lowest BCUT2D eigenvalue weighted by Crippen LogP contribution is -2.34. The standard InChI is InChI=1S/C12H20N4O/c1-8(9(2)13)12(17)15-11-6-5-10(7-14-11)16(3)4/h5-9H,13H2,1-4H3,(H,14,15,17). The number of aromatic nitrogens is 1. The van der Waals surface area contributed by atoms with Crippen molar-refractivity contribution >= 4 is 17.4 Å². The molecule has 0 aliphatic carbocycles. The molecule has 0 bridgehead atoms. The second-order valence-electron chi connectivity index (χ2n) is 4.43. The fourth-order valence-electron chi connectivity index (χ4n) is 1.20. The molecule has 0 aromatic carbocycles. The number of nitrogens with two attached hydrogens (primary N) is 1. The van der Waals surface area contributed by atoms with Crippen LogP contribution in [0.1, 0.15) is 13.8 Å². The molecule has 0 radical (unpaired) electrons. The van der Waals surface area contributed by atoms with Gasteiger partial charge >= 0.3 is 0 Å². The summed E-state index contributed by atoms with van der Waals surface area (Å²) in [7, 11) is 3.88. The highest BCUT2D eigenvalue weighted by atomic mass is 16.1. The third-order valence-electron chi connectivity index (χ3n) is 2.72. The van der Waals surface area contributed by atoms with Crippen molar-refractivity contribution < 1.29 is 4.79 Å². The molecule has 17 heavy (non-hydrogen) atoms. The van der Waals surface area contributed by atoms with Crippen LogP contribution in [0.15, 0.2) is 18.3 Å². The molecule has 1 amide bonds. The first-order chi connectivity index (χ1) is 7.91. The van der Waals surface area contributed by atoms with Gasteiger partial charge in [-0.1, -0.05) is 6.92 Å². The Hall–Kier alpha value is -1.62. The molecule has 5 heteroatoms. The van der Waals surface area contributed by atoms with Gasteiger partial charge in [-0.05, 0) is 19.1 Å². The van der Waals surface area contributed by atoms with Crippen LogP contribution in [0.25, 0.3) is 0 Å². The van der Waals surface area contributed by atoms with E-state index >= 15 is 0 Å². The summed E-state index contributed by atoms with van der Waals surface area (Å²) >= 11 is 0. The van der Waals surface area contributed by atoms with E-state index in [9.17, 15) is 4.79 Å². The summed E-state index contributed by atoms with van der Waals surface area (Å²) in [6.07, 6.45) is 1.71. The Balaban J connectivity index is 2.66. The molecule has 2 atom stereocenters. The third-order valence-corrected chi connectivity index (χ3v) is 2.72. The van der Waals surface area contributed by atoms with Gasteiger partial charge in [-0.2, -0.15) is 0 Å². The number of rotatable bonds is 4. The number of carbonyl (C=O) groups excluding carboxylic acids is 1. The average molecular weight is 236 g/mol. The zero-order valence-corrected chi connectivity index (χ0v) is 10.8. The van der Waals surface area contributed by atoms with Gasteiger partial charge in [-0.15, -0.1) is 0 Å². The molecule has 0 aliphatic heterocycles. The van der Waals surface area contributed by atoms with Crippen LogP contribution in [0.2, 0.25) is 0 Å². The summed E-state index contributed by atoms with van der Waals surface area (Å²) in [4.78, 5) is 17.8. The molecule has 94 valence electrons. The van der Waals surface area contributed by atoms with Crippen LogP contribution in [-0.2, 0) is 4.79 Å². The third kappa shape index (κ3) is 3.71. The Morgan fingerprint density at radius 2 is 2.06 bits per heavy atom. The minimum absolute atomic E-state index is 0.106. The van der Waals surface area contributed by atoms with Crippen molar-refractivity contribution in [3.63, 3.8) is 0 Å². The van der Waals surface area contributed by atoms with E-state index in [0.29, 0.717) is 5.82 Å². The summed E-state index contributed by atoms with van der Waals surface area (Å²) in [6.45, 7) is 3.61. The van der Waals surface area contributed by atoms with Crippen molar-refractivity contribution in [1.29, 1.82) is 0 Å². The average Bonchev–Trinajstić information content (AvgIpc) is 2.28. The number of carbonyl (C=O) groups is 1. The van der Waals surface area contributed by atoms with E-state index in [2.05, 4.69) is 10.3 Å². The van der Waals surface area contributed by atoms with E-state index in [1.807, 2.05) is 32.0 Å². The predicted molar refractivity (Wildman–Crippen MR) is 70.0 cm³/mol. The van der Waals surface area contributed by atoms with Gasteiger partial charge in [0.1, 0.15) is 5.82 Å². The second-order valence-corrected chi connectivity index (χ2v) is 4.43. The van der Waals surface area contributed by atoms with Gasteiger partial charge < -0.3 is 16.0 Å². The maximum absolute atomic E-state index is 11.7. The second kappa shape index (κ2) is 5.63. The molecule has 0 saturated heterocycles. The highest BCUT2D eigenvalue weighted by molar-refractivity contribution is 5.91. The van der Waals surface area contributed by atoms with Crippen LogP contribution < -0.4 is 16.0 Å². The van der Waals surface area contributed by atoms with Crippen molar-refractivity contribution in [2.24, 2.45) is 11.7 Å². The molecule has 0 aliphatic rings. The monoisotopic (exact) mass is 236 g/mol. The van der Waals surface area contributed by atoms with Gasteiger partial charge in [0.05, 0.1) is 17.8 Å². The van der Waals surface area contributed by atoms with Gasteiger partial charge in [0.2, 0.25) is 5.91 Å². The summed E-state index contributed by atoms with van der Waals surface area (Å²) in [6, 6.07) is 3.51. The van der Waals surface area contributed by atoms with E-state index in [4.69, 9.17) is 5.73 Å². The van der Waals surface area contributed by atoms with E-state index in [0.717, 1.165) is 5.69 Å². The number of hydrogen-bond donors (Lipinski definition) is 2.